The zero-order valence-corrected chi connectivity index (χ0v) is 16.1. The summed E-state index contributed by atoms with van der Waals surface area (Å²) < 4.78 is 1.07. The fourth-order valence-electron chi connectivity index (χ4n) is 3.47. The molecule has 0 radical (unpaired) electrons. The van der Waals surface area contributed by atoms with Crippen molar-refractivity contribution >= 4 is 38.9 Å². The lowest BCUT2D eigenvalue weighted by Gasteiger charge is -2.21. The Morgan fingerprint density at radius 1 is 0.962 bits per heavy atom. The minimum atomic E-state index is 0.0674. The number of thiophene rings is 1. The van der Waals surface area contributed by atoms with Crippen molar-refractivity contribution in [2.75, 3.05) is 26.2 Å². The number of hydrogen-bond donors (Lipinski definition) is 0. The molecule has 1 amide bonds. The Labute approximate surface area is 162 Å². The average Bonchev–Trinajstić information content (AvgIpc) is 2.85. The zero-order valence-electron chi connectivity index (χ0n) is 14.5. The van der Waals surface area contributed by atoms with Crippen molar-refractivity contribution < 1.29 is 4.79 Å². The third kappa shape index (κ3) is 3.63. The van der Waals surface area contributed by atoms with Crippen molar-refractivity contribution in [1.82, 2.24) is 9.80 Å². The number of amides is 1. The Balaban J connectivity index is 1.46. The lowest BCUT2D eigenvalue weighted by molar-refractivity contribution is 0.0766. The smallest absolute Gasteiger partial charge is 0.265 e. The van der Waals surface area contributed by atoms with E-state index in [1.807, 2.05) is 35.2 Å². The standard InChI is InChI=1S/C21H21ClN2OS/c22-19-17-9-4-5-10-18(17)26-20(19)21(25)24-12-6-11-23(13-14-24)15-16-7-2-1-3-8-16/h1-5,7-10H,6,11-15H2. The van der Waals surface area contributed by atoms with Crippen molar-refractivity contribution in [2.45, 2.75) is 13.0 Å². The Hall–Kier alpha value is -1.88. The van der Waals surface area contributed by atoms with E-state index in [1.54, 1.807) is 0 Å². The van der Waals surface area contributed by atoms with Crippen LogP contribution in [0.25, 0.3) is 10.1 Å². The van der Waals surface area contributed by atoms with E-state index in [1.165, 1.54) is 16.9 Å². The summed E-state index contributed by atoms with van der Waals surface area (Å²) in [6.07, 6.45) is 0.987. The van der Waals surface area contributed by atoms with Crippen LogP contribution in [-0.2, 0) is 6.54 Å². The quantitative estimate of drug-likeness (QED) is 0.641. The van der Waals surface area contributed by atoms with Crippen molar-refractivity contribution in [3.63, 3.8) is 0 Å². The second-order valence-electron chi connectivity index (χ2n) is 6.65. The number of halogens is 1. The largest absolute Gasteiger partial charge is 0.337 e. The van der Waals surface area contributed by atoms with Crippen LogP contribution in [0.15, 0.2) is 54.6 Å². The van der Waals surface area contributed by atoms with Crippen molar-refractivity contribution in [3.05, 3.63) is 70.1 Å². The SMILES string of the molecule is O=C(c1sc2ccccc2c1Cl)N1CCCN(Cc2ccccc2)CC1. The number of benzene rings is 2. The van der Waals surface area contributed by atoms with Gasteiger partial charge in [0.05, 0.1) is 5.02 Å². The van der Waals surface area contributed by atoms with Gasteiger partial charge in [0.2, 0.25) is 0 Å². The van der Waals surface area contributed by atoms with Crippen LogP contribution in [0, 0.1) is 0 Å². The van der Waals surface area contributed by atoms with E-state index in [0.29, 0.717) is 9.90 Å². The van der Waals surface area contributed by atoms with Crippen molar-refractivity contribution in [1.29, 1.82) is 0 Å². The van der Waals surface area contributed by atoms with Gasteiger partial charge >= 0.3 is 0 Å². The van der Waals surface area contributed by atoms with Gasteiger partial charge in [-0.2, -0.15) is 0 Å². The Morgan fingerprint density at radius 2 is 1.73 bits per heavy atom. The first-order valence-corrected chi connectivity index (χ1v) is 10.1. The first-order valence-electron chi connectivity index (χ1n) is 8.95. The molecule has 26 heavy (non-hydrogen) atoms. The van der Waals surface area contributed by atoms with Gasteiger partial charge in [0.15, 0.2) is 0 Å². The van der Waals surface area contributed by atoms with Crippen LogP contribution in [-0.4, -0.2) is 41.9 Å². The van der Waals surface area contributed by atoms with Crippen LogP contribution in [0.5, 0.6) is 0 Å². The first kappa shape index (κ1) is 17.5. The van der Waals surface area contributed by atoms with Gasteiger partial charge in [-0.3, -0.25) is 9.69 Å². The topological polar surface area (TPSA) is 23.6 Å². The maximum Gasteiger partial charge on any atom is 0.265 e. The van der Waals surface area contributed by atoms with E-state index in [0.717, 1.165) is 49.2 Å². The van der Waals surface area contributed by atoms with Crippen LogP contribution in [0.2, 0.25) is 5.02 Å². The van der Waals surface area contributed by atoms with E-state index in [9.17, 15) is 4.79 Å². The minimum Gasteiger partial charge on any atom is -0.337 e. The maximum absolute atomic E-state index is 13.0. The predicted molar refractivity (Wildman–Crippen MR) is 109 cm³/mol. The van der Waals surface area contributed by atoms with Gasteiger partial charge in [-0.15, -0.1) is 11.3 Å². The number of rotatable bonds is 3. The van der Waals surface area contributed by atoms with E-state index in [4.69, 9.17) is 11.6 Å². The third-order valence-corrected chi connectivity index (χ3v) is 6.52. The molecule has 2 aromatic carbocycles. The molecule has 0 unspecified atom stereocenters. The van der Waals surface area contributed by atoms with Crippen LogP contribution >= 0.6 is 22.9 Å². The summed E-state index contributed by atoms with van der Waals surface area (Å²) in [5, 5.41) is 1.57. The number of hydrogen-bond acceptors (Lipinski definition) is 3. The summed E-state index contributed by atoms with van der Waals surface area (Å²) in [5.41, 5.74) is 1.32. The summed E-state index contributed by atoms with van der Waals surface area (Å²) in [4.78, 5) is 18.1. The first-order chi connectivity index (χ1) is 12.7. The fraction of sp³-hybridized carbons (Fsp3) is 0.286. The summed E-state index contributed by atoms with van der Waals surface area (Å²) in [7, 11) is 0. The van der Waals surface area contributed by atoms with Gasteiger partial charge in [-0.1, -0.05) is 60.1 Å². The van der Waals surface area contributed by atoms with Gasteiger partial charge in [-0.05, 0) is 18.1 Å². The Kier molecular flexibility index (Phi) is 5.25. The fourth-order valence-corrected chi connectivity index (χ4v) is 4.95. The molecule has 4 rings (SSSR count). The number of nitrogens with zero attached hydrogens (tertiary/aromatic N) is 2. The molecule has 1 aromatic heterocycles. The summed E-state index contributed by atoms with van der Waals surface area (Å²) >= 11 is 8.00. The van der Waals surface area contributed by atoms with E-state index in [2.05, 4.69) is 29.2 Å². The highest BCUT2D eigenvalue weighted by atomic mass is 35.5. The van der Waals surface area contributed by atoms with Crippen LogP contribution in [0.1, 0.15) is 21.7 Å². The van der Waals surface area contributed by atoms with E-state index in [-0.39, 0.29) is 5.91 Å². The van der Waals surface area contributed by atoms with Crippen LogP contribution in [0.3, 0.4) is 0 Å². The van der Waals surface area contributed by atoms with Gasteiger partial charge in [0, 0.05) is 42.8 Å². The van der Waals surface area contributed by atoms with Gasteiger partial charge in [0.1, 0.15) is 4.88 Å². The molecule has 0 aliphatic carbocycles. The molecule has 0 saturated carbocycles. The van der Waals surface area contributed by atoms with Crippen LogP contribution in [0.4, 0.5) is 0 Å². The molecule has 0 atom stereocenters. The molecule has 1 aliphatic rings. The number of carbonyl (C=O) groups is 1. The molecule has 2 heterocycles. The minimum absolute atomic E-state index is 0.0674. The third-order valence-electron chi connectivity index (χ3n) is 4.85. The number of fused-ring (bicyclic) bond motifs is 1. The molecule has 1 fully saturated rings. The van der Waals surface area contributed by atoms with Crippen LogP contribution < -0.4 is 0 Å². The Morgan fingerprint density at radius 3 is 2.54 bits per heavy atom. The Bertz CT molecular complexity index is 909. The molecule has 0 bridgehead atoms. The lowest BCUT2D eigenvalue weighted by atomic mass is 10.2. The highest BCUT2D eigenvalue weighted by molar-refractivity contribution is 7.21. The second kappa shape index (κ2) is 7.78. The summed E-state index contributed by atoms with van der Waals surface area (Å²) in [5.74, 6) is 0.0674. The second-order valence-corrected chi connectivity index (χ2v) is 8.08. The van der Waals surface area contributed by atoms with E-state index >= 15 is 0 Å². The molecule has 134 valence electrons. The molecule has 3 aromatic rings. The highest BCUT2D eigenvalue weighted by Crippen LogP contribution is 2.36. The zero-order chi connectivity index (χ0) is 17.9. The predicted octanol–water partition coefficient (Wildman–Crippen LogP) is 4.90. The summed E-state index contributed by atoms with van der Waals surface area (Å²) in [6.45, 7) is 4.37. The molecular weight excluding hydrogens is 364 g/mol. The molecule has 0 N–H and O–H groups in total. The van der Waals surface area contributed by atoms with Gasteiger partial charge in [-0.25, -0.2) is 0 Å². The summed E-state index contributed by atoms with van der Waals surface area (Å²) in [6, 6.07) is 18.5. The van der Waals surface area contributed by atoms with E-state index < -0.39 is 0 Å². The van der Waals surface area contributed by atoms with Crippen molar-refractivity contribution in [3.8, 4) is 0 Å². The normalized spacial score (nSPS) is 16.0. The average molecular weight is 385 g/mol. The molecule has 1 saturated heterocycles. The molecule has 1 aliphatic heterocycles. The number of carbonyl (C=O) groups excluding carboxylic acids is 1. The molecule has 3 nitrogen and oxygen atoms in total. The monoisotopic (exact) mass is 384 g/mol. The molecular formula is C21H21ClN2OS. The maximum atomic E-state index is 13.0. The van der Waals surface area contributed by atoms with Gasteiger partial charge in [0.25, 0.3) is 5.91 Å². The van der Waals surface area contributed by atoms with Gasteiger partial charge < -0.3 is 4.90 Å². The van der Waals surface area contributed by atoms with Crippen molar-refractivity contribution in [2.24, 2.45) is 0 Å². The molecule has 0 spiro atoms. The highest BCUT2D eigenvalue weighted by Gasteiger charge is 2.24. The molecule has 5 heteroatoms. The lowest BCUT2D eigenvalue weighted by Crippen LogP contribution is -2.34.